The lowest BCUT2D eigenvalue weighted by Crippen LogP contribution is -2.35. The van der Waals surface area contributed by atoms with E-state index in [-0.39, 0.29) is 18.0 Å². The first kappa shape index (κ1) is 10.5. The van der Waals surface area contributed by atoms with Gasteiger partial charge < -0.3 is 15.2 Å². The summed E-state index contributed by atoms with van der Waals surface area (Å²) in [6.45, 7) is 3.25. The summed E-state index contributed by atoms with van der Waals surface area (Å²) in [6, 6.07) is 0. The van der Waals surface area contributed by atoms with Crippen LogP contribution >= 0.6 is 0 Å². The molecule has 1 aliphatic rings. The van der Waals surface area contributed by atoms with Crippen molar-refractivity contribution in [1.82, 2.24) is 0 Å². The van der Waals surface area contributed by atoms with Crippen LogP contribution in [0.3, 0.4) is 0 Å². The molecular formula is C9H17NO3. The van der Waals surface area contributed by atoms with Crippen LogP contribution in [0, 0.1) is 5.92 Å². The third kappa shape index (κ3) is 2.97. The van der Waals surface area contributed by atoms with E-state index in [1.807, 2.05) is 6.92 Å². The highest BCUT2D eigenvalue weighted by atomic mass is 16.5. The fraction of sp³-hybridized carbons (Fsp3) is 0.889. The monoisotopic (exact) mass is 187 g/mol. The van der Waals surface area contributed by atoms with E-state index < -0.39 is 0 Å². The minimum absolute atomic E-state index is 0.0808. The zero-order valence-corrected chi connectivity index (χ0v) is 7.99. The summed E-state index contributed by atoms with van der Waals surface area (Å²) in [5.41, 5.74) is 5.44. The van der Waals surface area contributed by atoms with Crippen LogP contribution in [-0.2, 0) is 14.3 Å². The molecule has 0 spiro atoms. The van der Waals surface area contributed by atoms with Gasteiger partial charge in [0.2, 0.25) is 0 Å². The number of hydrogen-bond acceptors (Lipinski definition) is 4. The van der Waals surface area contributed by atoms with Gasteiger partial charge in [-0.1, -0.05) is 0 Å². The first-order chi connectivity index (χ1) is 6.27. The van der Waals surface area contributed by atoms with Gasteiger partial charge in [-0.2, -0.15) is 0 Å². The fourth-order valence-electron chi connectivity index (χ4n) is 1.44. The highest BCUT2D eigenvalue weighted by molar-refractivity contribution is 5.72. The molecule has 2 N–H and O–H groups in total. The summed E-state index contributed by atoms with van der Waals surface area (Å²) in [7, 11) is 0. The zero-order valence-electron chi connectivity index (χ0n) is 7.99. The van der Waals surface area contributed by atoms with Gasteiger partial charge in [0.25, 0.3) is 0 Å². The predicted octanol–water partition coefficient (Wildman–Crippen LogP) is 0.303. The van der Waals surface area contributed by atoms with Crippen molar-refractivity contribution in [2.45, 2.75) is 25.9 Å². The summed E-state index contributed by atoms with van der Waals surface area (Å²) in [6.07, 6.45) is 1.83. The minimum Gasteiger partial charge on any atom is -0.466 e. The van der Waals surface area contributed by atoms with Gasteiger partial charge in [0, 0.05) is 6.54 Å². The molecule has 2 atom stereocenters. The molecule has 0 radical (unpaired) electrons. The molecule has 1 rings (SSSR count). The molecule has 76 valence electrons. The summed E-state index contributed by atoms with van der Waals surface area (Å²) in [5.74, 6) is -0.222. The Kier molecular flexibility index (Phi) is 4.18. The number of esters is 1. The van der Waals surface area contributed by atoms with Crippen molar-refractivity contribution in [3.8, 4) is 0 Å². The van der Waals surface area contributed by atoms with E-state index >= 15 is 0 Å². The summed E-state index contributed by atoms with van der Waals surface area (Å²) in [4.78, 5) is 11.3. The number of ether oxygens (including phenoxy) is 2. The van der Waals surface area contributed by atoms with Gasteiger partial charge in [0.1, 0.15) is 0 Å². The lowest BCUT2D eigenvalue weighted by Gasteiger charge is -2.26. The van der Waals surface area contributed by atoms with Crippen LogP contribution < -0.4 is 5.73 Å². The molecule has 0 aromatic heterocycles. The van der Waals surface area contributed by atoms with E-state index in [4.69, 9.17) is 15.2 Å². The largest absolute Gasteiger partial charge is 0.466 e. The first-order valence-corrected chi connectivity index (χ1v) is 4.76. The predicted molar refractivity (Wildman–Crippen MR) is 48.2 cm³/mol. The van der Waals surface area contributed by atoms with Crippen molar-refractivity contribution < 1.29 is 14.3 Å². The smallest absolute Gasteiger partial charge is 0.311 e. The number of hydrogen-bond donors (Lipinski definition) is 1. The Bertz CT molecular complexity index is 164. The SMILES string of the molecule is CCOC(=O)C1CCC(CN)OC1. The standard InChI is InChI=1S/C9H17NO3/c1-2-12-9(11)7-3-4-8(5-10)13-6-7/h7-8H,2-6,10H2,1H3. The molecule has 0 amide bonds. The third-order valence-electron chi connectivity index (χ3n) is 2.25. The molecule has 1 aliphatic heterocycles. The molecule has 1 saturated heterocycles. The van der Waals surface area contributed by atoms with Gasteiger partial charge in [-0.15, -0.1) is 0 Å². The normalized spacial score (nSPS) is 28.5. The second-order valence-corrected chi connectivity index (χ2v) is 3.22. The topological polar surface area (TPSA) is 61.5 Å². The van der Waals surface area contributed by atoms with Crippen LogP contribution in [-0.4, -0.2) is 31.8 Å². The van der Waals surface area contributed by atoms with Gasteiger partial charge in [-0.3, -0.25) is 4.79 Å². The molecule has 1 heterocycles. The second-order valence-electron chi connectivity index (χ2n) is 3.22. The Morgan fingerprint density at radius 2 is 2.38 bits per heavy atom. The van der Waals surface area contributed by atoms with E-state index in [0.29, 0.717) is 19.8 Å². The molecular weight excluding hydrogens is 170 g/mol. The maximum absolute atomic E-state index is 11.3. The van der Waals surface area contributed by atoms with Gasteiger partial charge >= 0.3 is 5.97 Å². The first-order valence-electron chi connectivity index (χ1n) is 4.76. The molecule has 13 heavy (non-hydrogen) atoms. The Morgan fingerprint density at radius 3 is 2.85 bits per heavy atom. The average Bonchev–Trinajstić information content (AvgIpc) is 2.18. The quantitative estimate of drug-likeness (QED) is 0.646. The Morgan fingerprint density at radius 1 is 1.62 bits per heavy atom. The van der Waals surface area contributed by atoms with Crippen molar-refractivity contribution in [2.24, 2.45) is 11.7 Å². The van der Waals surface area contributed by atoms with E-state index in [0.717, 1.165) is 12.8 Å². The van der Waals surface area contributed by atoms with Crippen LogP contribution in [0.15, 0.2) is 0 Å². The van der Waals surface area contributed by atoms with Crippen LogP contribution in [0.25, 0.3) is 0 Å². The molecule has 0 aromatic carbocycles. The summed E-state index contributed by atoms with van der Waals surface area (Å²) < 4.78 is 10.3. The van der Waals surface area contributed by atoms with E-state index in [1.165, 1.54) is 0 Å². The van der Waals surface area contributed by atoms with Gasteiger partial charge in [0.05, 0.1) is 25.2 Å². The van der Waals surface area contributed by atoms with Crippen molar-refractivity contribution in [2.75, 3.05) is 19.8 Å². The highest BCUT2D eigenvalue weighted by Gasteiger charge is 2.26. The van der Waals surface area contributed by atoms with Crippen molar-refractivity contribution in [3.63, 3.8) is 0 Å². The maximum Gasteiger partial charge on any atom is 0.311 e. The Hall–Kier alpha value is -0.610. The summed E-state index contributed by atoms with van der Waals surface area (Å²) >= 11 is 0. The fourth-order valence-corrected chi connectivity index (χ4v) is 1.44. The van der Waals surface area contributed by atoms with Crippen LogP contribution in [0.1, 0.15) is 19.8 Å². The lowest BCUT2D eigenvalue weighted by atomic mass is 9.99. The molecule has 4 nitrogen and oxygen atoms in total. The molecule has 0 bridgehead atoms. The number of nitrogens with two attached hydrogens (primary N) is 1. The van der Waals surface area contributed by atoms with Crippen LogP contribution in [0.4, 0.5) is 0 Å². The van der Waals surface area contributed by atoms with Crippen LogP contribution in [0.2, 0.25) is 0 Å². The van der Waals surface area contributed by atoms with Gasteiger partial charge in [-0.05, 0) is 19.8 Å². The molecule has 4 heteroatoms. The number of rotatable bonds is 3. The van der Waals surface area contributed by atoms with Crippen LogP contribution in [0.5, 0.6) is 0 Å². The van der Waals surface area contributed by atoms with Gasteiger partial charge in [0.15, 0.2) is 0 Å². The van der Waals surface area contributed by atoms with E-state index in [2.05, 4.69) is 0 Å². The third-order valence-corrected chi connectivity index (χ3v) is 2.25. The van der Waals surface area contributed by atoms with E-state index in [1.54, 1.807) is 0 Å². The molecule has 1 fully saturated rings. The second kappa shape index (κ2) is 5.19. The minimum atomic E-state index is -0.141. The number of carbonyl (C=O) groups excluding carboxylic acids is 1. The zero-order chi connectivity index (χ0) is 9.68. The molecule has 0 aromatic rings. The van der Waals surface area contributed by atoms with Crippen molar-refractivity contribution >= 4 is 5.97 Å². The Labute approximate surface area is 78.4 Å². The lowest BCUT2D eigenvalue weighted by molar-refractivity contribution is -0.154. The highest BCUT2D eigenvalue weighted by Crippen LogP contribution is 2.19. The van der Waals surface area contributed by atoms with E-state index in [9.17, 15) is 4.79 Å². The van der Waals surface area contributed by atoms with Gasteiger partial charge in [-0.25, -0.2) is 0 Å². The Balaban J connectivity index is 2.28. The molecule has 2 unspecified atom stereocenters. The van der Waals surface area contributed by atoms with Crippen molar-refractivity contribution in [3.05, 3.63) is 0 Å². The molecule has 0 aliphatic carbocycles. The number of carbonyl (C=O) groups is 1. The van der Waals surface area contributed by atoms with Crippen molar-refractivity contribution in [1.29, 1.82) is 0 Å². The average molecular weight is 187 g/mol. The summed E-state index contributed by atoms with van der Waals surface area (Å²) in [5, 5.41) is 0. The molecule has 0 saturated carbocycles. The maximum atomic E-state index is 11.3.